The first-order chi connectivity index (χ1) is 16.0. The first-order valence-electron chi connectivity index (χ1n) is 11.1. The second-order valence-electron chi connectivity index (χ2n) is 7.98. The molecule has 1 amide bonds. The molecule has 33 heavy (non-hydrogen) atoms. The molecule has 1 saturated heterocycles. The number of carbonyl (C=O) groups excluding carboxylic acids is 1. The third kappa shape index (κ3) is 5.70. The van der Waals surface area contributed by atoms with E-state index in [1.807, 2.05) is 31.2 Å². The molecule has 3 aromatic rings. The van der Waals surface area contributed by atoms with Crippen LogP contribution in [0.15, 0.2) is 48.5 Å². The number of nitrogens with one attached hydrogen (secondary N) is 1. The van der Waals surface area contributed by atoms with Crippen molar-refractivity contribution in [3.8, 4) is 23.1 Å². The molecule has 0 saturated carbocycles. The number of amides is 1. The summed E-state index contributed by atoms with van der Waals surface area (Å²) in [6, 6.07) is 13.3. The Morgan fingerprint density at radius 3 is 2.76 bits per heavy atom. The molecule has 1 N–H and O–H groups in total. The average Bonchev–Trinajstić information content (AvgIpc) is 3.44. The number of methoxy groups -OCH3 is 1. The molecule has 2 heterocycles. The summed E-state index contributed by atoms with van der Waals surface area (Å²) in [4.78, 5) is 12.4. The summed E-state index contributed by atoms with van der Waals surface area (Å²) in [7, 11) is 1.60. The SMILES string of the molecule is COc1ccc(-n2nc(C)c(CCC(=O)NCC3CCCO3)c2Oc2cccc(F)c2)cc1. The minimum Gasteiger partial charge on any atom is -0.497 e. The van der Waals surface area contributed by atoms with Crippen molar-refractivity contribution >= 4 is 5.91 Å². The Balaban J connectivity index is 1.56. The number of aryl methyl sites for hydroxylation is 1. The lowest BCUT2D eigenvalue weighted by molar-refractivity contribution is -0.121. The van der Waals surface area contributed by atoms with Crippen LogP contribution in [0.2, 0.25) is 0 Å². The molecule has 0 bridgehead atoms. The van der Waals surface area contributed by atoms with E-state index >= 15 is 0 Å². The van der Waals surface area contributed by atoms with Crippen molar-refractivity contribution in [3.63, 3.8) is 0 Å². The number of ether oxygens (including phenoxy) is 3. The molecule has 174 valence electrons. The van der Waals surface area contributed by atoms with E-state index in [-0.39, 0.29) is 18.4 Å². The second kappa shape index (κ2) is 10.5. The lowest BCUT2D eigenvalue weighted by Gasteiger charge is -2.13. The Morgan fingerprint density at radius 1 is 1.24 bits per heavy atom. The summed E-state index contributed by atoms with van der Waals surface area (Å²) in [6.45, 7) is 3.15. The summed E-state index contributed by atoms with van der Waals surface area (Å²) < 4.78 is 32.3. The number of aromatic nitrogens is 2. The Hall–Kier alpha value is -3.39. The second-order valence-corrected chi connectivity index (χ2v) is 7.98. The standard InChI is InChI=1S/C25H28FN3O4/c1-17-23(12-13-24(30)27-16-22-7-4-14-32-22)25(33-21-6-3-5-18(26)15-21)29(28-17)19-8-10-20(31-2)11-9-19/h3,5-6,8-11,15,22H,4,7,12-14,16H2,1-2H3,(H,27,30). The van der Waals surface area contributed by atoms with Crippen LogP contribution in [0.1, 0.15) is 30.5 Å². The van der Waals surface area contributed by atoms with Gasteiger partial charge in [-0.2, -0.15) is 5.10 Å². The smallest absolute Gasteiger partial charge is 0.226 e. The van der Waals surface area contributed by atoms with E-state index in [0.29, 0.717) is 24.6 Å². The Kier molecular flexibility index (Phi) is 7.24. The van der Waals surface area contributed by atoms with Crippen molar-refractivity contribution in [1.29, 1.82) is 0 Å². The van der Waals surface area contributed by atoms with Crippen LogP contribution >= 0.6 is 0 Å². The fraction of sp³-hybridized carbons (Fsp3) is 0.360. The molecule has 0 spiro atoms. The van der Waals surface area contributed by atoms with E-state index in [1.165, 1.54) is 12.1 Å². The number of halogens is 1. The molecule has 1 atom stereocenters. The highest BCUT2D eigenvalue weighted by molar-refractivity contribution is 5.76. The predicted molar refractivity (Wildman–Crippen MR) is 122 cm³/mol. The summed E-state index contributed by atoms with van der Waals surface area (Å²) >= 11 is 0. The molecule has 8 heteroatoms. The van der Waals surface area contributed by atoms with E-state index in [1.54, 1.807) is 23.9 Å². The lowest BCUT2D eigenvalue weighted by atomic mass is 10.1. The van der Waals surface area contributed by atoms with Crippen LogP contribution in [0.5, 0.6) is 17.4 Å². The molecular weight excluding hydrogens is 425 g/mol. The number of rotatable bonds is 9. The van der Waals surface area contributed by atoms with Crippen LogP contribution in [0.4, 0.5) is 4.39 Å². The van der Waals surface area contributed by atoms with Gasteiger partial charge in [0.05, 0.1) is 24.6 Å². The highest BCUT2D eigenvalue weighted by atomic mass is 19.1. The maximum atomic E-state index is 13.8. The molecule has 1 fully saturated rings. The number of hydrogen-bond donors (Lipinski definition) is 1. The average molecular weight is 454 g/mol. The summed E-state index contributed by atoms with van der Waals surface area (Å²) in [5, 5.41) is 7.59. The van der Waals surface area contributed by atoms with Crippen molar-refractivity contribution in [2.45, 2.75) is 38.7 Å². The van der Waals surface area contributed by atoms with E-state index in [2.05, 4.69) is 10.4 Å². The van der Waals surface area contributed by atoms with Gasteiger partial charge in [0.15, 0.2) is 0 Å². The Bertz CT molecular complexity index is 1090. The normalized spacial score (nSPS) is 15.4. The zero-order chi connectivity index (χ0) is 23.2. The molecule has 2 aromatic carbocycles. The van der Waals surface area contributed by atoms with Gasteiger partial charge in [-0.15, -0.1) is 0 Å². The van der Waals surface area contributed by atoms with Gasteiger partial charge in [-0.1, -0.05) is 6.07 Å². The minimum atomic E-state index is -0.394. The van der Waals surface area contributed by atoms with Gasteiger partial charge < -0.3 is 19.5 Å². The maximum absolute atomic E-state index is 13.8. The molecule has 0 aliphatic carbocycles. The maximum Gasteiger partial charge on any atom is 0.226 e. The number of benzene rings is 2. The van der Waals surface area contributed by atoms with Gasteiger partial charge in [-0.3, -0.25) is 4.79 Å². The van der Waals surface area contributed by atoms with Crippen molar-refractivity contribution in [2.75, 3.05) is 20.3 Å². The molecule has 1 aliphatic rings. The molecule has 1 aliphatic heterocycles. The quantitative estimate of drug-likeness (QED) is 0.522. The lowest BCUT2D eigenvalue weighted by Crippen LogP contribution is -2.31. The van der Waals surface area contributed by atoms with Gasteiger partial charge in [-0.25, -0.2) is 9.07 Å². The van der Waals surface area contributed by atoms with Crippen LogP contribution in [0, 0.1) is 12.7 Å². The van der Waals surface area contributed by atoms with Crippen molar-refractivity contribution in [1.82, 2.24) is 15.1 Å². The minimum absolute atomic E-state index is 0.0567. The van der Waals surface area contributed by atoms with E-state index in [9.17, 15) is 9.18 Å². The largest absolute Gasteiger partial charge is 0.497 e. The van der Waals surface area contributed by atoms with Gasteiger partial charge in [0.2, 0.25) is 11.8 Å². The zero-order valence-corrected chi connectivity index (χ0v) is 18.8. The van der Waals surface area contributed by atoms with Crippen LogP contribution in [-0.4, -0.2) is 42.1 Å². The molecule has 1 aromatic heterocycles. The third-order valence-corrected chi connectivity index (χ3v) is 5.62. The first kappa shape index (κ1) is 22.8. The van der Waals surface area contributed by atoms with Gasteiger partial charge in [0.1, 0.15) is 17.3 Å². The zero-order valence-electron chi connectivity index (χ0n) is 18.8. The van der Waals surface area contributed by atoms with Crippen molar-refractivity contribution < 1.29 is 23.4 Å². The Labute approximate surface area is 192 Å². The summed E-state index contributed by atoms with van der Waals surface area (Å²) in [5.74, 6) is 1.08. The molecule has 4 rings (SSSR count). The summed E-state index contributed by atoms with van der Waals surface area (Å²) in [5.41, 5.74) is 2.30. The van der Waals surface area contributed by atoms with Gasteiger partial charge >= 0.3 is 0 Å². The van der Waals surface area contributed by atoms with Gasteiger partial charge in [0.25, 0.3) is 0 Å². The van der Waals surface area contributed by atoms with Crippen molar-refractivity contribution in [2.24, 2.45) is 0 Å². The van der Waals surface area contributed by atoms with Gasteiger partial charge in [0, 0.05) is 31.2 Å². The van der Waals surface area contributed by atoms with E-state index in [4.69, 9.17) is 14.2 Å². The van der Waals surface area contributed by atoms with Crippen molar-refractivity contribution in [3.05, 3.63) is 65.6 Å². The van der Waals surface area contributed by atoms with Crippen LogP contribution in [-0.2, 0) is 16.0 Å². The van der Waals surface area contributed by atoms with Gasteiger partial charge in [-0.05, 0) is 62.6 Å². The number of nitrogens with zero attached hydrogens (tertiary/aromatic N) is 2. The van der Waals surface area contributed by atoms with Crippen LogP contribution < -0.4 is 14.8 Å². The van der Waals surface area contributed by atoms with Crippen LogP contribution in [0.25, 0.3) is 5.69 Å². The first-order valence-corrected chi connectivity index (χ1v) is 11.1. The van der Waals surface area contributed by atoms with E-state index < -0.39 is 5.82 Å². The monoisotopic (exact) mass is 453 g/mol. The van der Waals surface area contributed by atoms with Crippen LogP contribution in [0.3, 0.4) is 0 Å². The highest BCUT2D eigenvalue weighted by Crippen LogP contribution is 2.32. The third-order valence-electron chi connectivity index (χ3n) is 5.62. The number of carbonyl (C=O) groups is 1. The molecule has 0 radical (unpaired) electrons. The fourth-order valence-corrected chi connectivity index (χ4v) is 3.83. The Morgan fingerprint density at radius 2 is 2.06 bits per heavy atom. The topological polar surface area (TPSA) is 74.6 Å². The summed E-state index contributed by atoms with van der Waals surface area (Å²) in [6.07, 6.45) is 2.82. The fourth-order valence-electron chi connectivity index (χ4n) is 3.83. The van der Waals surface area contributed by atoms with E-state index in [0.717, 1.165) is 42.1 Å². The molecule has 1 unspecified atom stereocenters. The predicted octanol–water partition coefficient (Wildman–Crippen LogP) is 4.35. The highest BCUT2D eigenvalue weighted by Gasteiger charge is 2.21. The molecule has 7 nitrogen and oxygen atoms in total. The molecular formula is C25H28FN3O4. The number of hydrogen-bond acceptors (Lipinski definition) is 5.